The van der Waals surface area contributed by atoms with Crippen molar-refractivity contribution in [1.82, 2.24) is 9.29 Å². The first-order valence-corrected chi connectivity index (χ1v) is 12.6. The van der Waals surface area contributed by atoms with Crippen molar-refractivity contribution in [3.8, 4) is 11.8 Å². The predicted molar refractivity (Wildman–Crippen MR) is 129 cm³/mol. The highest BCUT2D eigenvalue weighted by molar-refractivity contribution is 7.89. The molecule has 0 amide bonds. The van der Waals surface area contributed by atoms with E-state index in [2.05, 4.69) is 16.8 Å². The first-order chi connectivity index (χ1) is 17.6. The zero-order valence-corrected chi connectivity index (χ0v) is 20.5. The standard InChI is InChI=1S/C24H22F6N4O3S/c1-2-3-18-14-33(38(36,37)21-13-32-20-12-16(31)6-9-19(20)21)10-11-34(18)17-7-4-15(5-8-17)22(35,23(25,26)27)24(28,29)30/h4-9,12-13,18,32,35H,10-11,14,31H2,1H3/t18-/m0/s1. The third-order valence-corrected chi connectivity index (χ3v) is 8.28. The number of H-pyrrole nitrogens is 1. The number of nitrogens with one attached hydrogen (secondary N) is 1. The minimum absolute atomic E-state index is 0.0251. The van der Waals surface area contributed by atoms with Crippen LogP contribution in [-0.2, 0) is 15.6 Å². The highest BCUT2D eigenvalue weighted by atomic mass is 32.2. The first-order valence-electron chi connectivity index (χ1n) is 11.1. The van der Waals surface area contributed by atoms with Gasteiger partial charge < -0.3 is 20.7 Å². The number of alkyl halides is 6. The number of nitrogens with zero attached hydrogens (tertiary/aromatic N) is 2. The Hall–Kier alpha value is -3.41. The van der Waals surface area contributed by atoms with Crippen LogP contribution in [0.15, 0.2) is 53.6 Å². The fourth-order valence-electron chi connectivity index (χ4n) is 4.43. The number of nitrogen functional groups attached to an aromatic ring is 1. The number of aliphatic hydroxyl groups is 1. The lowest BCUT2D eigenvalue weighted by Gasteiger charge is -2.40. The summed E-state index contributed by atoms with van der Waals surface area (Å²) in [6.45, 7) is 1.44. The number of hydrogen-bond donors (Lipinski definition) is 3. The van der Waals surface area contributed by atoms with Crippen LogP contribution in [0.4, 0.5) is 37.7 Å². The van der Waals surface area contributed by atoms with E-state index in [0.717, 1.165) is 12.1 Å². The summed E-state index contributed by atoms with van der Waals surface area (Å²) in [4.78, 5) is 4.50. The van der Waals surface area contributed by atoms with Crippen LogP contribution < -0.4 is 10.6 Å². The van der Waals surface area contributed by atoms with Gasteiger partial charge in [-0.3, -0.25) is 0 Å². The van der Waals surface area contributed by atoms with Gasteiger partial charge in [0.2, 0.25) is 10.0 Å². The van der Waals surface area contributed by atoms with Gasteiger partial charge in [-0.2, -0.15) is 30.6 Å². The van der Waals surface area contributed by atoms with Gasteiger partial charge in [0.05, 0.1) is 0 Å². The van der Waals surface area contributed by atoms with Crippen LogP contribution in [0.1, 0.15) is 12.5 Å². The molecule has 1 aliphatic heterocycles. The average molecular weight is 561 g/mol. The number of sulfonamides is 1. The van der Waals surface area contributed by atoms with E-state index >= 15 is 0 Å². The van der Waals surface area contributed by atoms with Crippen molar-refractivity contribution < 1.29 is 39.9 Å². The number of aromatic nitrogens is 1. The van der Waals surface area contributed by atoms with Crippen molar-refractivity contribution in [2.24, 2.45) is 0 Å². The Bertz CT molecular complexity index is 1490. The Balaban J connectivity index is 1.62. The van der Waals surface area contributed by atoms with Gasteiger partial charge in [0.15, 0.2) is 0 Å². The molecule has 0 unspecified atom stereocenters. The summed E-state index contributed by atoms with van der Waals surface area (Å²) in [5.41, 5.74) is 0.522. The summed E-state index contributed by atoms with van der Waals surface area (Å²) in [6, 6.07) is 7.12. The smallest absolute Gasteiger partial charge is 0.399 e. The maximum atomic E-state index is 13.5. The molecular formula is C24H22F6N4O3S. The molecule has 3 aromatic rings. The number of benzene rings is 2. The molecule has 7 nitrogen and oxygen atoms in total. The highest BCUT2D eigenvalue weighted by Crippen LogP contribution is 2.50. The lowest BCUT2D eigenvalue weighted by atomic mass is 9.92. The van der Waals surface area contributed by atoms with Crippen LogP contribution in [0.25, 0.3) is 10.9 Å². The van der Waals surface area contributed by atoms with Crippen LogP contribution in [0.5, 0.6) is 0 Å². The molecule has 4 N–H and O–H groups in total. The van der Waals surface area contributed by atoms with Crippen LogP contribution in [0.2, 0.25) is 0 Å². The molecule has 0 spiro atoms. The number of anilines is 2. The quantitative estimate of drug-likeness (QED) is 0.255. The summed E-state index contributed by atoms with van der Waals surface area (Å²) >= 11 is 0. The molecule has 1 aliphatic rings. The van der Waals surface area contributed by atoms with E-state index in [9.17, 15) is 39.9 Å². The zero-order valence-electron chi connectivity index (χ0n) is 19.7. The molecule has 2 aromatic carbocycles. The summed E-state index contributed by atoms with van der Waals surface area (Å²) in [5.74, 6) is 5.54. The number of piperazine rings is 1. The van der Waals surface area contributed by atoms with Crippen LogP contribution >= 0.6 is 0 Å². The molecule has 204 valence electrons. The first kappa shape index (κ1) is 27.6. The second kappa shape index (κ2) is 9.40. The average Bonchev–Trinajstić information content (AvgIpc) is 3.26. The van der Waals surface area contributed by atoms with Gasteiger partial charge in [0.1, 0.15) is 10.9 Å². The fraction of sp³-hybridized carbons (Fsp3) is 0.333. The number of aromatic amines is 1. The van der Waals surface area contributed by atoms with Gasteiger partial charge in [0, 0.05) is 53.7 Å². The van der Waals surface area contributed by atoms with E-state index in [1.807, 2.05) is 0 Å². The van der Waals surface area contributed by atoms with Crippen LogP contribution in [0.3, 0.4) is 0 Å². The molecule has 0 aliphatic carbocycles. The van der Waals surface area contributed by atoms with Gasteiger partial charge >= 0.3 is 12.4 Å². The van der Waals surface area contributed by atoms with Crippen LogP contribution in [-0.4, -0.2) is 60.8 Å². The SMILES string of the molecule is CC#C[C@H]1CN(S(=O)(=O)c2c[nH]c3cc(N)ccc23)CCN1c1ccc(C(O)(C(F)(F)F)C(F)(F)F)cc1. The molecular weight excluding hydrogens is 538 g/mol. The molecule has 0 radical (unpaired) electrons. The third-order valence-electron chi connectivity index (χ3n) is 6.38. The maximum absolute atomic E-state index is 13.5. The largest absolute Gasteiger partial charge is 0.430 e. The maximum Gasteiger partial charge on any atom is 0.430 e. The van der Waals surface area contributed by atoms with Crippen molar-refractivity contribution in [1.29, 1.82) is 0 Å². The van der Waals surface area contributed by atoms with Gasteiger partial charge in [-0.05, 0) is 37.3 Å². The molecule has 4 rings (SSSR count). The van der Waals surface area contributed by atoms with E-state index in [1.165, 1.54) is 17.4 Å². The van der Waals surface area contributed by atoms with E-state index in [0.29, 0.717) is 28.7 Å². The summed E-state index contributed by atoms with van der Waals surface area (Å²) in [6.07, 6.45) is -10.7. The number of rotatable bonds is 4. The lowest BCUT2D eigenvalue weighted by molar-refractivity contribution is -0.376. The minimum atomic E-state index is -6.00. The zero-order chi connectivity index (χ0) is 28.1. The highest BCUT2D eigenvalue weighted by Gasteiger charge is 2.71. The van der Waals surface area contributed by atoms with Crippen LogP contribution in [0, 0.1) is 11.8 Å². The number of fused-ring (bicyclic) bond motifs is 1. The van der Waals surface area contributed by atoms with E-state index < -0.39 is 39.6 Å². The van der Waals surface area contributed by atoms with Crippen molar-refractivity contribution in [3.63, 3.8) is 0 Å². The Morgan fingerprint density at radius 2 is 1.66 bits per heavy atom. The molecule has 14 heteroatoms. The molecule has 1 saturated heterocycles. The van der Waals surface area contributed by atoms with Gasteiger partial charge in [-0.1, -0.05) is 18.1 Å². The molecule has 1 fully saturated rings. The summed E-state index contributed by atoms with van der Waals surface area (Å²) in [7, 11) is -3.99. The van der Waals surface area contributed by atoms with Gasteiger partial charge in [-0.25, -0.2) is 8.42 Å². The fourth-order valence-corrected chi connectivity index (χ4v) is 6.03. The van der Waals surface area contributed by atoms with E-state index in [1.54, 1.807) is 23.1 Å². The van der Waals surface area contributed by atoms with Crippen molar-refractivity contribution in [3.05, 3.63) is 54.2 Å². The number of halogens is 6. The molecule has 1 atom stereocenters. The topological polar surface area (TPSA) is 103 Å². The van der Waals surface area contributed by atoms with E-state index in [-0.39, 0.29) is 30.2 Å². The molecule has 38 heavy (non-hydrogen) atoms. The lowest BCUT2D eigenvalue weighted by Crippen LogP contribution is -2.54. The molecule has 2 heterocycles. The minimum Gasteiger partial charge on any atom is -0.399 e. The molecule has 0 bridgehead atoms. The van der Waals surface area contributed by atoms with Crippen molar-refractivity contribution in [2.45, 2.75) is 35.8 Å². The second-order valence-corrected chi connectivity index (χ2v) is 10.6. The third kappa shape index (κ3) is 4.55. The Morgan fingerprint density at radius 3 is 2.24 bits per heavy atom. The van der Waals surface area contributed by atoms with Gasteiger partial charge in [-0.15, -0.1) is 5.92 Å². The monoisotopic (exact) mass is 560 g/mol. The second-order valence-electron chi connectivity index (χ2n) is 8.68. The molecule has 1 aromatic heterocycles. The number of hydrogen-bond acceptors (Lipinski definition) is 5. The Labute approximate surface area is 213 Å². The number of nitrogens with two attached hydrogens (primary N) is 1. The van der Waals surface area contributed by atoms with Crippen molar-refractivity contribution in [2.75, 3.05) is 30.3 Å². The summed E-state index contributed by atoms with van der Waals surface area (Å²) < 4.78 is 107. The van der Waals surface area contributed by atoms with Crippen molar-refractivity contribution >= 4 is 32.3 Å². The Morgan fingerprint density at radius 1 is 1.03 bits per heavy atom. The van der Waals surface area contributed by atoms with E-state index in [4.69, 9.17) is 5.73 Å². The normalized spacial score (nSPS) is 17.9. The Kier molecular flexibility index (Phi) is 6.84. The summed E-state index contributed by atoms with van der Waals surface area (Å²) in [5, 5.41) is 10.1. The molecule has 0 saturated carbocycles. The predicted octanol–water partition coefficient (Wildman–Crippen LogP) is 3.97. The van der Waals surface area contributed by atoms with Gasteiger partial charge in [0.25, 0.3) is 5.60 Å².